The molecule has 0 radical (unpaired) electrons. The van der Waals surface area contributed by atoms with Crippen LogP contribution < -0.4 is 5.32 Å². The molecule has 4 aromatic rings. The third kappa shape index (κ3) is 3.37. The van der Waals surface area contributed by atoms with E-state index in [0.29, 0.717) is 5.16 Å². The van der Waals surface area contributed by atoms with Crippen LogP contribution in [0, 0.1) is 6.92 Å². The van der Waals surface area contributed by atoms with Gasteiger partial charge in [-0.15, -0.1) is 21.5 Å². The number of thioether (sulfide) groups is 1. The Balaban J connectivity index is 1.38. The fourth-order valence-corrected chi connectivity index (χ4v) is 6.07. The first-order valence-electron chi connectivity index (χ1n) is 10.3. The van der Waals surface area contributed by atoms with Gasteiger partial charge in [0.15, 0.2) is 10.8 Å². The predicted octanol–water partition coefficient (Wildman–Crippen LogP) is 4.82. The van der Waals surface area contributed by atoms with E-state index in [0.717, 1.165) is 51.9 Å². The first-order valence-corrected chi connectivity index (χ1v) is 12.1. The van der Waals surface area contributed by atoms with Gasteiger partial charge in [-0.25, -0.2) is 4.98 Å². The van der Waals surface area contributed by atoms with Crippen molar-refractivity contribution >= 4 is 50.6 Å². The van der Waals surface area contributed by atoms with E-state index in [9.17, 15) is 4.79 Å². The van der Waals surface area contributed by atoms with Gasteiger partial charge in [0, 0.05) is 10.6 Å². The Kier molecular flexibility index (Phi) is 5.20. The number of hydrogen-bond donors (Lipinski definition) is 1. The van der Waals surface area contributed by atoms with Crippen LogP contribution in [0.4, 0.5) is 5.69 Å². The Hall–Kier alpha value is -2.45. The molecular formula is C22H23N5OS2. The van der Waals surface area contributed by atoms with E-state index in [4.69, 9.17) is 0 Å². The van der Waals surface area contributed by atoms with E-state index >= 15 is 0 Å². The van der Waals surface area contributed by atoms with Gasteiger partial charge in [-0.05, 0) is 55.7 Å². The van der Waals surface area contributed by atoms with Crippen molar-refractivity contribution in [2.24, 2.45) is 0 Å². The highest BCUT2D eigenvalue weighted by Gasteiger charge is 2.21. The molecule has 1 aliphatic carbocycles. The van der Waals surface area contributed by atoms with E-state index in [1.54, 1.807) is 17.7 Å². The van der Waals surface area contributed by atoms with Gasteiger partial charge in [-0.1, -0.05) is 36.9 Å². The zero-order chi connectivity index (χ0) is 20.7. The molecule has 0 atom stereocenters. The number of nitrogens with one attached hydrogen (secondary N) is 1. The molecule has 6 nitrogen and oxygen atoms in total. The van der Waals surface area contributed by atoms with Gasteiger partial charge in [0.2, 0.25) is 5.91 Å². The number of hydrogen-bond acceptors (Lipinski definition) is 6. The van der Waals surface area contributed by atoms with Crippen LogP contribution in [0.3, 0.4) is 0 Å². The Morgan fingerprint density at radius 1 is 1.27 bits per heavy atom. The monoisotopic (exact) mass is 437 g/mol. The number of para-hydroxylation sites is 1. The second-order valence-corrected chi connectivity index (χ2v) is 9.64. The lowest BCUT2D eigenvalue weighted by atomic mass is 9.97. The number of aromatic nitrogens is 4. The fourth-order valence-electron chi connectivity index (χ4n) is 4.14. The summed E-state index contributed by atoms with van der Waals surface area (Å²) in [5.74, 6) is 0.237. The maximum atomic E-state index is 12.6. The summed E-state index contributed by atoms with van der Waals surface area (Å²) in [6.45, 7) is 4.12. The van der Waals surface area contributed by atoms with Gasteiger partial charge in [0.1, 0.15) is 11.2 Å². The number of amides is 1. The molecule has 3 aromatic heterocycles. The molecule has 0 saturated heterocycles. The minimum Gasteiger partial charge on any atom is -0.325 e. The van der Waals surface area contributed by atoms with Gasteiger partial charge < -0.3 is 5.32 Å². The SMILES string of the molecule is CCc1cccc(C)c1NC(=O)CSc1nnc2c3c4c(sc3ncn12)CCCC4. The molecule has 0 fully saturated rings. The number of thiophene rings is 1. The normalized spacial score (nSPS) is 13.7. The first-order chi connectivity index (χ1) is 14.7. The summed E-state index contributed by atoms with van der Waals surface area (Å²) in [5, 5.41) is 13.7. The molecular weight excluding hydrogens is 414 g/mol. The lowest BCUT2D eigenvalue weighted by Crippen LogP contribution is -2.16. The molecule has 8 heteroatoms. The topological polar surface area (TPSA) is 72.2 Å². The van der Waals surface area contributed by atoms with Crippen molar-refractivity contribution in [1.29, 1.82) is 0 Å². The second-order valence-electron chi connectivity index (χ2n) is 7.61. The van der Waals surface area contributed by atoms with Gasteiger partial charge >= 0.3 is 0 Å². The van der Waals surface area contributed by atoms with Crippen molar-refractivity contribution in [3.05, 3.63) is 46.1 Å². The van der Waals surface area contributed by atoms with Crippen LogP contribution in [-0.2, 0) is 24.1 Å². The minimum atomic E-state index is -0.0392. The zero-order valence-corrected chi connectivity index (χ0v) is 18.7. The smallest absolute Gasteiger partial charge is 0.234 e. The second kappa shape index (κ2) is 8.00. The number of carbonyl (C=O) groups excluding carboxylic acids is 1. The fraction of sp³-hybridized carbons (Fsp3) is 0.364. The van der Waals surface area contributed by atoms with Crippen LogP contribution in [0.25, 0.3) is 15.9 Å². The Bertz CT molecular complexity index is 1260. The highest BCUT2D eigenvalue weighted by Crippen LogP contribution is 2.37. The van der Waals surface area contributed by atoms with Crippen molar-refractivity contribution in [3.8, 4) is 0 Å². The summed E-state index contributed by atoms with van der Waals surface area (Å²) >= 11 is 3.18. The maximum absolute atomic E-state index is 12.6. The van der Waals surface area contributed by atoms with E-state index in [1.807, 2.05) is 23.5 Å². The van der Waals surface area contributed by atoms with E-state index in [-0.39, 0.29) is 11.7 Å². The van der Waals surface area contributed by atoms with E-state index in [1.165, 1.54) is 35.0 Å². The van der Waals surface area contributed by atoms with E-state index in [2.05, 4.69) is 33.5 Å². The summed E-state index contributed by atoms with van der Waals surface area (Å²) in [4.78, 5) is 19.8. The molecule has 0 aliphatic heterocycles. The number of carbonyl (C=O) groups is 1. The average Bonchev–Trinajstić information content (AvgIpc) is 3.34. The molecule has 0 unspecified atom stereocenters. The lowest BCUT2D eigenvalue weighted by Gasteiger charge is -2.12. The number of rotatable bonds is 5. The molecule has 5 rings (SSSR count). The number of fused-ring (bicyclic) bond motifs is 5. The quantitative estimate of drug-likeness (QED) is 0.453. The average molecular weight is 438 g/mol. The van der Waals surface area contributed by atoms with Crippen molar-refractivity contribution in [2.75, 3.05) is 11.1 Å². The molecule has 0 bridgehead atoms. The van der Waals surface area contributed by atoms with Crippen LogP contribution in [0.1, 0.15) is 41.3 Å². The van der Waals surface area contributed by atoms with Crippen molar-refractivity contribution in [3.63, 3.8) is 0 Å². The largest absolute Gasteiger partial charge is 0.325 e. The molecule has 3 heterocycles. The van der Waals surface area contributed by atoms with Crippen molar-refractivity contribution in [2.45, 2.75) is 51.1 Å². The number of benzene rings is 1. The number of aryl methyl sites for hydroxylation is 4. The summed E-state index contributed by atoms with van der Waals surface area (Å²) in [6, 6.07) is 6.10. The Morgan fingerprint density at radius 3 is 3.00 bits per heavy atom. The third-order valence-corrected chi connectivity index (χ3v) is 7.81. The first kappa shape index (κ1) is 19.5. The molecule has 30 heavy (non-hydrogen) atoms. The molecule has 154 valence electrons. The summed E-state index contributed by atoms with van der Waals surface area (Å²) in [5.41, 5.74) is 5.40. The lowest BCUT2D eigenvalue weighted by molar-refractivity contribution is -0.113. The van der Waals surface area contributed by atoms with Gasteiger partial charge in [0.05, 0.1) is 11.1 Å². The predicted molar refractivity (Wildman–Crippen MR) is 123 cm³/mol. The Morgan fingerprint density at radius 2 is 2.13 bits per heavy atom. The molecule has 0 spiro atoms. The highest BCUT2D eigenvalue weighted by molar-refractivity contribution is 7.99. The number of anilines is 1. The molecule has 1 aliphatic rings. The highest BCUT2D eigenvalue weighted by atomic mass is 32.2. The zero-order valence-electron chi connectivity index (χ0n) is 17.1. The molecule has 1 amide bonds. The van der Waals surface area contributed by atoms with Crippen LogP contribution in [-0.4, -0.2) is 31.2 Å². The molecule has 1 N–H and O–H groups in total. The maximum Gasteiger partial charge on any atom is 0.234 e. The molecule has 0 saturated carbocycles. The van der Waals surface area contributed by atoms with Gasteiger partial charge in [0.25, 0.3) is 0 Å². The van der Waals surface area contributed by atoms with Crippen LogP contribution >= 0.6 is 23.1 Å². The minimum absolute atomic E-state index is 0.0392. The number of nitrogens with zero attached hydrogens (tertiary/aromatic N) is 4. The van der Waals surface area contributed by atoms with Crippen LogP contribution in [0.2, 0.25) is 0 Å². The standard InChI is InChI=1S/C22H23N5OS2/c1-3-14-8-6-7-13(2)19(14)24-17(28)11-29-22-26-25-20-18-15-9-4-5-10-16(15)30-21(18)23-12-27(20)22/h6-8,12H,3-5,9-11H2,1-2H3,(H,24,28). The third-order valence-electron chi connectivity index (χ3n) is 5.67. The van der Waals surface area contributed by atoms with E-state index < -0.39 is 0 Å². The van der Waals surface area contributed by atoms with Gasteiger partial charge in [-0.2, -0.15) is 0 Å². The van der Waals surface area contributed by atoms with Crippen molar-refractivity contribution < 1.29 is 4.79 Å². The van der Waals surface area contributed by atoms with Crippen LogP contribution in [0.5, 0.6) is 0 Å². The summed E-state index contributed by atoms with van der Waals surface area (Å²) in [7, 11) is 0. The van der Waals surface area contributed by atoms with Crippen molar-refractivity contribution in [1.82, 2.24) is 19.6 Å². The molecule has 1 aromatic carbocycles. The summed E-state index contributed by atoms with van der Waals surface area (Å²) in [6.07, 6.45) is 7.36. The summed E-state index contributed by atoms with van der Waals surface area (Å²) < 4.78 is 1.92. The Labute approximate surface area is 183 Å². The van der Waals surface area contributed by atoms with Crippen LogP contribution in [0.15, 0.2) is 29.7 Å². The van der Waals surface area contributed by atoms with Gasteiger partial charge in [-0.3, -0.25) is 9.20 Å².